The van der Waals surface area contributed by atoms with Gasteiger partial charge in [0.25, 0.3) is 5.91 Å². The molecule has 9 nitrogen and oxygen atoms in total. The number of carbonyl (C=O) groups is 1. The first kappa shape index (κ1) is 20.8. The molecule has 0 atom stereocenters. The van der Waals surface area contributed by atoms with Gasteiger partial charge in [-0.25, -0.2) is 0 Å². The third-order valence-corrected chi connectivity index (χ3v) is 7.00. The number of carbonyl (C=O) groups excluding carboxylic acids is 1. The van der Waals surface area contributed by atoms with Crippen LogP contribution in [0, 0.1) is 0 Å². The highest BCUT2D eigenvalue weighted by Crippen LogP contribution is 2.37. The smallest absolute Gasteiger partial charge is 0.281 e. The van der Waals surface area contributed by atoms with E-state index in [9.17, 15) is 4.79 Å². The first-order valence-corrected chi connectivity index (χ1v) is 12.0. The third-order valence-electron chi connectivity index (χ3n) is 6.72. The van der Waals surface area contributed by atoms with E-state index in [1.165, 1.54) is 0 Å². The molecular weight excluding hydrogens is 444 g/mol. The quantitative estimate of drug-likeness (QED) is 0.723. The molecule has 1 aromatic carbocycles. The summed E-state index contributed by atoms with van der Waals surface area (Å²) in [5.74, 6) is 2.81. The Hall–Kier alpha value is -2.78. The zero-order valence-electron chi connectivity index (χ0n) is 18.6. The van der Waals surface area contributed by atoms with E-state index in [0.717, 1.165) is 55.9 Å². The molecule has 0 spiro atoms. The minimum absolute atomic E-state index is 0.0625. The molecule has 33 heavy (non-hydrogen) atoms. The van der Waals surface area contributed by atoms with Crippen molar-refractivity contribution in [2.75, 3.05) is 49.7 Å². The Morgan fingerprint density at radius 3 is 2.91 bits per heavy atom. The van der Waals surface area contributed by atoms with E-state index in [0.29, 0.717) is 54.7 Å². The first-order valence-electron chi connectivity index (χ1n) is 11.7. The van der Waals surface area contributed by atoms with Crippen molar-refractivity contribution < 1.29 is 14.3 Å². The number of anilines is 2. The van der Waals surface area contributed by atoms with Gasteiger partial charge in [-0.2, -0.15) is 4.98 Å². The fraction of sp³-hybridized carbons (Fsp3) is 0.522. The van der Waals surface area contributed by atoms with Crippen LogP contribution >= 0.6 is 11.6 Å². The normalized spacial score (nSPS) is 19.8. The van der Waals surface area contributed by atoms with E-state index in [-0.39, 0.29) is 11.9 Å². The van der Waals surface area contributed by atoms with Gasteiger partial charge in [-0.15, -0.1) is 0 Å². The lowest BCUT2D eigenvalue weighted by Gasteiger charge is -2.32. The Morgan fingerprint density at radius 2 is 2.09 bits per heavy atom. The molecule has 10 heteroatoms. The van der Waals surface area contributed by atoms with Gasteiger partial charge in [0, 0.05) is 38.8 Å². The van der Waals surface area contributed by atoms with Gasteiger partial charge in [-0.3, -0.25) is 24.2 Å². The Labute approximate surface area is 197 Å². The summed E-state index contributed by atoms with van der Waals surface area (Å²) >= 11 is 6.52. The number of hydrogen-bond acceptors (Lipinski definition) is 7. The molecule has 6 rings (SSSR count). The molecule has 4 aliphatic heterocycles. The highest BCUT2D eigenvalue weighted by atomic mass is 35.5. The van der Waals surface area contributed by atoms with Gasteiger partial charge in [0.05, 0.1) is 24.7 Å². The molecule has 1 N–H and O–H groups in total. The molecule has 1 saturated heterocycles. The fourth-order valence-electron chi connectivity index (χ4n) is 5.10. The van der Waals surface area contributed by atoms with Crippen molar-refractivity contribution in [3.8, 4) is 5.75 Å². The van der Waals surface area contributed by atoms with Crippen LogP contribution in [0.25, 0.3) is 0 Å². The number of aliphatic imine (C=N–C) groups is 1. The lowest BCUT2D eigenvalue weighted by atomic mass is 10.1. The number of rotatable bonds is 5. The second-order valence-electron chi connectivity index (χ2n) is 8.77. The number of aromatic nitrogens is 2. The predicted octanol–water partition coefficient (Wildman–Crippen LogP) is 2.76. The maximum absolute atomic E-state index is 13.6. The highest BCUT2D eigenvalue weighted by molar-refractivity contribution is 6.32. The van der Waals surface area contributed by atoms with Crippen molar-refractivity contribution in [3.05, 3.63) is 34.0 Å². The highest BCUT2D eigenvalue weighted by Gasteiger charge is 2.41. The van der Waals surface area contributed by atoms with E-state index in [1.807, 2.05) is 17.6 Å². The van der Waals surface area contributed by atoms with Crippen molar-refractivity contribution in [2.45, 2.75) is 38.8 Å². The molecule has 1 aromatic heterocycles. The number of halogens is 1. The Balaban J connectivity index is 1.44. The average molecular weight is 471 g/mol. The summed E-state index contributed by atoms with van der Waals surface area (Å²) in [6.45, 7) is 6.51. The van der Waals surface area contributed by atoms with Crippen molar-refractivity contribution in [2.24, 2.45) is 4.99 Å². The predicted molar refractivity (Wildman–Crippen MR) is 126 cm³/mol. The number of imidazole rings is 1. The summed E-state index contributed by atoms with van der Waals surface area (Å²) in [5.41, 5.74) is 2.73. The Bertz CT molecular complexity index is 1140. The minimum atomic E-state index is -0.0625. The molecule has 0 bridgehead atoms. The molecule has 1 amide bonds. The second kappa shape index (κ2) is 8.22. The van der Waals surface area contributed by atoms with E-state index in [2.05, 4.69) is 21.3 Å². The summed E-state index contributed by atoms with van der Waals surface area (Å²) < 4.78 is 13.2. The number of fused-ring (bicyclic) bond motifs is 4. The lowest BCUT2D eigenvalue weighted by Crippen LogP contribution is -2.50. The van der Waals surface area contributed by atoms with Crippen LogP contribution in [-0.2, 0) is 17.7 Å². The van der Waals surface area contributed by atoms with Crippen molar-refractivity contribution in [1.82, 2.24) is 14.5 Å². The van der Waals surface area contributed by atoms with Gasteiger partial charge in [0.15, 0.2) is 11.5 Å². The van der Waals surface area contributed by atoms with Crippen LogP contribution in [0.2, 0.25) is 5.02 Å². The summed E-state index contributed by atoms with van der Waals surface area (Å²) in [6, 6.07) is 4.32. The number of ether oxygens (including phenoxy) is 2. The van der Waals surface area contributed by atoms with Crippen molar-refractivity contribution >= 4 is 35.2 Å². The minimum Gasteiger partial charge on any atom is -0.491 e. The van der Waals surface area contributed by atoms with Gasteiger partial charge >= 0.3 is 0 Å². The van der Waals surface area contributed by atoms with Crippen LogP contribution in [0.1, 0.15) is 41.4 Å². The van der Waals surface area contributed by atoms with Gasteiger partial charge in [-0.1, -0.05) is 17.7 Å². The molecule has 2 aromatic rings. The Morgan fingerprint density at radius 1 is 1.24 bits per heavy atom. The topological polar surface area (TPSA) is 84.2 Å². The van der Waals surface area contributed by atoms with Gasteiger partial charge in [0.2, 0.25) is 11.9 Å². The molecule has 5 heterocycles. The van der Waals surface area contributed by atoms with Crippen LogP contribution in [0.4, 0.5) is 11.8 Å². The number of guanidine groups is 1. The summed E-state index contributed by atoms with van der Waals surface area (Å²) in [6.07, 6.45) is 2.66. The van der Waals surface area contributed by atoms with Gasteiger partial charge in [0.1, 0.15) is 5.75 Å². The molecule has 1 fully saturated rings. The van der Waals surface area contributed by atoms with Crippen molar-refractivity contribution in [1.29, 1.82) is 0 Å². The molecule has 0 aliphatic carbocycles. The number of amides is 1. The fourth-order valence-corrected chi connectivity index (χ4v) is 5.41. The summed E-state index contributed by atoms with van der Waals surface area (Å²) in [4.78, 5) is 27.0. The molecule has 174 valence electrons. The number of benzene rings is 1. The molecule has 4 aliphatic rings. The zero-order valence-corrected chi connectivity index (χ0v) is 19.4. The summed E-state index contributed by atoms with van der Waals surface area (Å²) in [5, 5.41) is 4.22. The van der Waals surface area contributed by atoms with Crippen LogP contribution in [0.3, 0.4) is 0 Å². The monoisotopic (exact) mass is 470 g/mol. The largest absolute Gasteiger partial charge is 0.491 e. The molecule has 0 unspecified atom stereocenters. The van der Waals surface area contributed by atoms with Crippen LogP contribution in [0.15, 0.2) is 17.1 Å². The number of nitrogens with zero attached hydrogens (tertiary/aromatic N) is 5. The van der Waals surface area contributed by atoms with E-state index < -0.39 is 0 Å². The van der Waals surface area contributed by atoms with Crippen LogP contribution in [0.5, 0.6) is 5.75 Å². The first-order chi connectivity index (χ1) is 16.1. The third kappa shape index (κ3) is 3.45. The Kier molecular flexibility index (Phi) is 5.18. The molecule has 0 saturated carbocycles. The van der Waals surface area contributed by atoms with Gasteiger partial charge in [-0.05, 0) is 37.0 Å². The maximum Gasteiger partial charge on any atom is 0.281 e. The lowest BCUT2D eigenvalue weighted by molar-refractivity contribution is 0.0835. The molecule has 0 radical (unpaired) electrons. The van der Waals surface area contributed by atoms with Crippen molar-refractivity contribution in [3.63, 3.8) is 0 Å². The average Bonchev–Trinajstić information content (AvgIpc) is 3.55. The maximum atomic E-state index is 13.6. The standard InChI is InChI=1S/C23H27ClN6O3/c1-2-28-21(31)18-20(29-7-6-25-23(28)29)27-22(26-16-4-8-32-9-5-16)30(18)13-14-11-15-3-10-33-19(15)17(24)12-14/h11-12,16H,2-10,13H2,1H3,(H,26,27). The summed E-state index contributed by atoms with van der Waals surface area (Å²) in [7, 11) is 0. The SMILES string of the molecule is CCN1C(=O)c2c(nc(NC3CCOCC3)n2Cc2cc(Cl)c3c(c2)CCO3)N2CCN=C12. The molecular formula is C23H27ClN6O3. The van der Waals surface area contributed by atoms with E-state index in [4.69, 9.17) is 26.1 Å². The number of hydrogen-bond donors (Lipinski definition) is 1. The van der Waals surface area contributed by atoms with Crippen LogP contribution in [-0.4, -0.2) is 71.8 Å². The zero-order chi connectivity index (χ0) is 22.5. The van der Waals surface area contributed by atoms with Crippen LogP contribution < -0.4 is 15.0 Å². The number of nitrogens with one attached hydrogen (secondary N) is 1. The van der Waals surface area contributed by atoms with Gasteiger partial charge < -0.3 is 14.8 Å². The van der Waals surface area contributed by atoms with E-state index >= 15 is 0 Å². The second-order valence-corrected chi connectivity index (χ2v) is 9.18. The van der Waals surface area contributed by atoms with E-state index in [1.54, 1.807) is 4.90 Å².